The lowest BCUT2D eigenvalue weighted by molar-refractivity contribution is 0.905. The van der Waals surface area contributed by atoms with Crippen molar-refractivity contribution in [1.82, 2.24) is 24.6 Å². The van der Waals surface area contributed by atoms with Gasteiger partial charge in [-0.2, -0.15) is 5.10 Å². The molecular formula is C10H7N5. The van der Waals surface area contributed by atoms with Crippen LogP contribution >= 0.6 is 0 Å². The summed E-state index contributed by atoms with van der Waals surface area (Å²) in [6.45, 7) is 0. The van der Waals surface area contributed by atoms with Crippen molar-refractivity contribution in [2.24, 2.45) is 0 Å². The number of hydrogen-bond acceptors (Lipinski definition) is 4. The van der Waals surface area contributed by atoms with Crippen molar-refractivity contribution in [1.29, 1.82) is 0 Å². The highest BCUT2D eigenvalue weighted by Crippen LogP contribution is 2.14. The Balaban J connectivity index is 2.19. The fourth-order valence-electron chi connectivity index (χ4n) is 1.37. The summed E-state index contributed by atoms with van der Waals surface area (Å²) < 4.78 is 1.63. The Hall–Kier alpha value is -2.30. The van der Waals surface area contributed by atoms with E-state index in [0.717, 1.165) is 11.3 Å². The van der Waals surface area contributed by atoms with E-state index in [0.29, 0.717) is 5.78 Å². The van der Waals surface area contributed by atoms with E-state index >= 15 is 0 Å². The molecule has 72 valence electrons. The molecule has 0 amide bonds. The van der Waals surface area contributed by atoms with E-state index in [1.807, 2.05) is 12.1 Å². The van der Waals surface area contributed by atoms with Gasteiger partial charge >= 0.3 is 0 Å². The van der Waals surface area contributed by atoms with Gasteiger partial charge in [-0.3, -0.25) is 4.98 Å². The summed E-state index contributed by atoms with van der Waals surface area (Å²) in [6.07, 6.45) is 8.61. The number of imidazole rings is 1. The van der Waals surface area contributed by atoms with Gasteiger partial charge in [0.25, 0.3) is 5.78 Å². The molecule has 0 aliphatic heterocycles. The van der Waals surface area contributed by atoms with Gasteiger partial charge in [0.15, 0.2) is 0 Å². The van der Waals surface area contributed by atoms with Crippen LogP contribution in [0.2, 0.25) is 0 Å². The molecule has 0 N–H and O–H groups in total. The van der Waals surface area contributed by atoms with Crippen LogP contribution in [0.1, 0.15) is 0 Å². The van der Waals surface area contributed by atoms with Crippen LogP contribution in [0.5, 0.6) is 0 Å². The zero-order valence-corrected chi connectivity index (χ0v) is 7.78. The number of nitrogens with zero attached hydrogens (tertiary/aromatic N) is 5. The fraction of sp³-hybridized carbons (Fsp3) is 0. The molecule has 0 atom stereocenters. The molecule has 3 rings (SSSR count). The summed E-state index contributed by atoms with van der Waals surface area (Å²) in [5.74, 6) is 0.601. The van der Waals surface area contributed by atoms with Crippen LogP contribution in [0, 0.1) is 0 Å². The zero-order chi connectivity index (χ0) is 10.1. The number of pyridine rings is 1. The second-order valence-corrected chi connectivity index (χ2v) is 3.05. The van der Waals surface area contributed by atoms with Gasteiger partial charge in [-0.15, -0.1) is 0 Å². The predicted octanol–water partition coefficient (Wildman–Crippen LogP) is 1.19. The van der Waals surface area contributed by atoms with Crippen LogP contribution in [-0.2, 0) is 0 Å². The molecular weight excluding hydrogens is 190 g/mol. The van der Waals surface area contributed by atoms with E-state index in [1.54, 1.807) is 35.5 Å². The van der Waals surface area contributed by atoms with Crippen molar-refractivity contribution in [3.63, 3.8) is 0 Å². The Morgan fingerprint density at radius 1 is 1.07 bits per heavy atom. The first-order valence-electron chi connectivity index (χ1n) is 4.50. The van der Waals surface area contributed by atoms with Crippen LogP contribution in [0.15, 0.2) is 43.1 Å². The minimum absolute atomic E-state index is 0.601. The van der Waals surface area contributed by atoms with Crippen molar-refractivity contribution in [2.45, 2.75) is 0 Å². The second-order valence-electron chi connectivity index (χ2n) is 3.05. The molecule has 0 unspecified atom stereocenters. The maximum Gasteiger partial charge on any atom is 0.251 e. The van der Waals surface area contributed by atoms with Gasteiger partial charge in [0.05, 0.1) is 18.1 Å². The lowest BCUT2D eigenvalue weighted by Gasteiger charge is -1.99. The summed E-state index contributed by atoms with van der Waals surface area (Å²) in [7, 11) is 0. The van der Waals surface area contributed by atoms with Gasteiger partial charge in [-0.1, -0.05) is 0 Å². The van der Waals surface area contributed by atoms with Crippen molar-refractivity contribution in [3.05, 3.63) is 43.1 Å². The first-order chi connectivity index (χ1) is 7.43. The Kier molecular flexibility index (Phi) is 1.68. The summed E-state index contributed by atoms with van der Waals surface area (Å²) in [5, 5.41) is 4.19. The van der Waals surface area contributed by atoms with E-state index in [1.165, 1.54) is 0 Å². The third-order valence-corrected chi connectivity index (χ3v) is 2.10. The highest BCUT2D eigenvalue weighted by molar-refractivity contribution is 5.58. The number of fused-ring (bicyclic) bond motifs is 1. The molecule has 0 fully saturated rings. The molecule has 0 bridgehead atoms. The molecule has 0 aliphatic rings. The van der Waals surface area contributed by atoms with Gasteiger partial charge in [0, 0.05) is 24.2 Å². The van der Waals surface area contributed by atoms with Crippen molar-refractivity contribution in [2.75, 3.05) is 0 Å². The maximum absolute atomic E-state index is 4.37. The lowest BCUT2D eigenvalue weighted by Crippen LogP contribution is -1.95. The van der Waals surface area contributed by atoms with Gasteiger partial charge in [-0.25, -0.2) is 14.5 Å². The predicted molar refractivity (Wildman–Crippen MR) is 54.0 cm³/mol. The minimum atomic E-state index is 0.601. The molecule has 5 heteroatoms. The van der Waals surface area contributed by atoms with Crippen LogP contribution < -0.4 is 0 Å². The lowest BCUT2D eigenvalue weighted by atomic mass is 10.2. The first kappa shape index (κ1) is 8.05. The standard InChI is InChI=1S/C10H7N5/c1-3-11-4-2-8(1)9-7-13-15-6-5-12-10(15)14-9/h1-7H. The van der Waals surface area contributed by atoms with E-state index in [9.17, 15) is 0 Å². The van der Waals surface area contributed by atoms with Gasteiger partial charge in [0.2, 0.25) is 0 Å². The topological polar surface area (TPSA) is 56.0 Å². The molecule has 0 saturated heterocycles. The highest BCUT2D eigenvalue weighted by Gasteiger charge is 2.01. The Morgan fingerprint density at radius 2 is 1.93 bits per heavy atom. The molecule has 5 nitrogen and oxygen atoms in total. The number of rotatable bonds is 1. The minimum Gasteiger partial charge on any atom is -0.265 e. The average Bonchev–Trinajstić information content (AvgIpc) is 2.77. The van der Waals surface area contributed by atoms with Crippen LogP contribution in [0.25, 0.3) is 17.0 Å². The molecule has 15 heavy (non-hydrogen) atoms. The third kappa shape index (κ3) is 1.34. The molecule has 0 saturated carbocycles. The maximum atomic E-state index is 4.37. The SMILES string of the molecule is c1cc(-c2cnn3ccnc3n2)ccn1. The van der Waals surface area contributed by atoms with Crippen LogP contribution in [-0.4, -0.2) is 24.6 Å². The summed E-state index contributed by atoms with van der Waals surface area (Å²) in [5.41, 5.74) is 1.79. The first-order valence-corrected chi connectivity index (χ1v) is 4.50. The normalized spacial score (nSPS) is 10.7. The van der Waals surface area contributed by atoms with Crippen molar-refractivity contribution < 1.29 is 0 Å². The Morgan fingerprint density at radius 3 is 2.80 bits per heavy atom. The Labute approximate surface area is 85.5 Å². The summed E-state index contributed by atoms with van der Waals surface area (Å²) >= 11 is 0. The van der Waals surface area contributed by atoms with E-state index in [4.69, 9.17) is 0 Å². The van der Waals surface area contributed by atoms with Crippen LogP contribution in [0.3, 0.4) is 0 Å². The molecule has 0 radical (unpaired) electrons. The Bertz CT molecular complexity index is 587. The zero-order valence-electron chi connectivity index (χ0n) is 7.78. The van der Waals surface area contributed by atoms with E-state index in [-0.39, 0.29) is 0 Å². The van der Waals surface area contributed by atoms with Gasteiger partial charge < -0.3 is 0 Å². The fourth-order valence-corrected chi connectivity index (χ4v) is 1.37. The smallest absolute Gasteiger partial charge is 0.251 e. The molecule has 0 spiro atoms. The monoisotopic (exact) mass is 197 g/mol. The molecule has 3 aromatic rings. The summed E-state index contributed by atoms with van der Waals surface area (Å²) in [6, 6.07) is 3.78. The molecule has 3 aromatic heterocycles. The third-order valence-electron chi connectivity index (χ3n) is 2.10. The largest absolute Gasteiger partial charge is 0.265 e. The van der Waals surface area contributed by atoms with Gasteiger partial charge in [0.1, 0.15) is 0 Å². The number of hydrogen-bond donors (Lipinski definition) is 0. The van der Waals surface area contributed by atoms with Gasteiger partial charge in [-0.05, 0) is 12.1 Å². The molecule has 0 aliphatic carbocycles. The van der Waals surface area contributed by atoms with Crippen molar-refractivity contribution >= 4 is 5.78 Å². The van der Waals surface area contributed by atoms with Crippen LogP contribution in [0.4, 0.5) is 0 Å². The highest BCUT2D eigenvalue weighted by atomic mass is 15.3. The number of aromatic nitrogens is 5. The molecule has 0 aromatic carbocycles. The average molecular weight is 197 g/mol. The summed E-state index contributed by atoms with van der Waals surface area (Å²) in [4.78, 5) is 12.4. The van der Waals surface area contributed by atoms with E-state index in [2.05, 4.69) is 20.1 Å². The quantitative estimate of drug-likeness (QED) is 0.588. The van der Waals surface area contributed by atoms with E-state index < -0.39 is 0 Å². The molecule has 3 heterocycles. The second kappa shape index (κ2) is 3.13. The van der Waals surface area contributed by atoms with Crippen molar-refractivity contribution in [3.8, 4) is 11.3 Å².